The van der Waals surface area contributed by atoms with Crippen LogP contribution in [0.3, 0.4) is 0 Å². The summed E-state index contributed by atoms with van der Waals surface area (Å²) in [7, 11) is 0. The van der Waals surface area contributed by atoms with E-state index < -0.39 is 149 Å². The zero-order chi connectivity index (χ0) is 87.0. The number of hydrogen-bond acceptors (Lipinski definition) is 20. The highest BCUT2D eigenvalue weighted by atomic mass is 16.4. The van der Waals surface area contributed by atoms with E-state index in [0.29, 0.717) is 69.2 Å². The molecule has 116 heavy (non-hydrogen) atoms. The summed E-state index contributed by atoms with van der Waals surface area (Å²) in [5, 5.41) is 50.4. The molecule has 0 spiro atoms. The molecule has 0 saturated heterocycles. The normalized spacial score (nSPS) is 14.6. The minimum absolute atomic E-state index is 0.0102. The number of nitrogens with one attached hydrogen (secondary N) is 11. The van der Waals surface area contributed by atoms with Crippen LogP contribution in [-0.2, 0) is 70.4 Å². The van der Waals surface area contributed by atoms with Crippen molar-refractivity contribution in [2.45, 2.75) is 263 Å². The number of nitrogens with zero attached hydrogens (tertiary/aromatic N) is 3. The van der Waals surface area contributed by atoms with Crippen LogP contribution in [0.4, 0.5) is 0 Å². The van der Waals surface area contributed by atoms with Crippen LogP contribution < -0.4 is 116 Å². The Morgan fingerprint density at radius 2 is 0.629 bits per heavy atom. The Morgan fingerprint density at radius 3 is 0.974 bits per heavy atom. The number of phenols is 1. The number of carbonyl (C=O) groups is 12. The average molecular weight is 1630 g/mol. The number of amides is 11. The van der Waals surface area contributed by atoms with Crippen molar-refractivity contribution in [3.05, 3.63) is 65.7 Å². The molecule has 33 N–H and O–H groups in total. The average Bonchev–Trinajstić information content (AvgIpc) is 0.846. The molecule has 0 saturated carbocycles. The molecule has 0 heterocycles. The molecular formula is C78H136N24O14. The lowest BCUT2D eigenvalue weighted by molar-refractivity contribution is -0.142. The molecule has 0 aliphatic rings. The van der Waals surface area contributed by atoms with Gasteiger partial charge >= 0.3 is 5.97 Å². The number of unbranched alkanes of at least 4 members (excludes halogenated alkanes) is 3. The predicted molar refractivity (Wildman–Crippen MR) is 445 cm³/mol. The highest BCUT2D eigenvalue weighted by molar-refractivity contribution is 6.00. The number of guanidine groups is 3. The first-order valence-corrected chi connectivity index (χ1v) is 40.3. The van der Waals surface area contributed by atoms with E-state index in [1.54, 1.807) is 71.9 Å². The fraction of sp³-hybridized carbons (Fsp3) is 0.654. The lowest BCUT2D eigenvalue weighted by Crippen LogP contribution is -2.61. The van der Waals surface area contributed by atoms with Crippen molar-refractivity contribution in [1.82, 2.24) is 58.5 Å². The first-order valence-electron chi connectivity index (χ1n) is 40.3. The van der Waals surface area contributed by atoms with Gasteiger partial charge in [-0.3, -0.25) is 67.7 Å². The third kappa shape index (κ3) is 41.7. The Bertz CT molecular complexity index is 3470. The highest BCUT2D eigenvalue weighted by Crippen LogP contribution is 2.19. The fourth-order valence-electron chi connectivity index (χ4n) is 12.4. The lowest BCUT2D eigenvalue weighted by atomic mass is 9.96. The van der Waals surface area contributed by atoms with Crippen LogP contribution >= 0.6 is 0 Å². The molecule has 11 amide bonds. The van der Waals surface area contributed by atoms with E-state index in [0.717, 1.165) is 0 Å². The van der Waals surface area contributed by atoms with E-state index in [1.165, 1.54) is 24.3 Å². The second kappa shape index (κ2) is 55.9. The molecule has 0 aromatic heterocycles. The Morgan fingerprint density at radius 1 is 0.345 bits per heavy atom. The summed E-state index contributed by atoms with van der Waals surface area (Å²) in [6.07, 6.45) is 3.28. The maximum Gasteiger partial charge on any atom is 0.326 e. The summed E-state index contributed by atoms with van der Waals surface area (Å²) in [4.78, 5) is 185. The molecule has 0 aliphatic heterocycles. The maximum atomic E-state index is 15.0. The number of nitrogens with two attached hydrogens (primary N) is 10. The molecule has 0 radical (unpaired) electrons. The first-order chi connectivity index (χ1) is 54.9. The molecule has 0 bridgehead atoms. The summed E-state index contributed by atoms with van der Waals surface area (Å²) in [5.74, 6) is -12.2. The van der Waals surface area contributed by atoms with Crippen molar-refractivity contribution in [1.29, 1.82) is 0 Å². The number of benzene rings is 2. The smallest absolute Gasteiger partial charge is 0.326 e. The number of aliphatic imine (C=N–C) groups is 3. The number of aromatic hydroxyl groups is 1. The zero-order valence-electron chi connectivity index (χ0n) is 68.9. The summed E-state index contributed by atoms with van der Waals surface area (Å²) >= 11 is 0. The maximum absolute atomic E-state index is 15.0. The van der Waals surface area contributed by atoms with E-state index in [9.17, 15) is 63.0 Å². The predicted octanol–water partition coefficient (Wildman–Crippen LogP) is -2.35. The Balaban J connectivity index is 2.69. The van der Waals surface area contributed by atoms with Gasteiger partial charge in [0.1, 0.15) is 72.2 Å². The number of aliphatic carboxylic acids is 1. The minimum atomic E-state index is -1.47. The quantitative estimate of drug-likeness (QED) is 0.0187. The monoisotopic (exact) mass is 1630 g/mol. The van der Waals surface area contributed by atoms with E-state index in [-0.39, 0.29) is 157 Å². The second-order valence-electron chi connectivity index (χ2n) is 30.6. The van der Waals surface area contributed by atoms with Gasteiger partial charge in [-0.15, -0.1) is 0 Å². The Labute approximate surface area is 681 Å². The molecule has 2 aromatic carbocycles. The zero-order valence-corrected chi connectivity index (χ0v) is 68.9. The summed E-state index contributed by atoms with van der Waals surface area (Å²) < 4.78 is 0. The van der Waals surface area contributed by atoms with Crippen LogP contribution in [0.2, 0.25) is 0 Å². The van der Waals surface area contributed by atoms with Gasteiger partial charge < -0.3 is 126 Å². The SMILES string of the molecule is CC[C@H](C)[C@H](NC(=O)[C@H](CCCN=C(N)N)NC(=O)[C@H](CCCCN)NC(=O)[C@H](Cc1ccccc1)NC(=O)[C@H](CC(C)C)NC(=O)[C@H](CCCCN)NC(=O)[C@@H](N)CCCN=C(N)N)C(=O)N[C@@H](CC(C)C)C(=O)N[C@@H](CCCN=C(N)N)C(=O)N[C@@H](Cc1ccc(O)cc1)C(=O)N[C@@H](CC(C)C)C(=O)N[C@@H](CCCCN)C(=O)O. The number of carboxylic acid groups (broad SMARTS) is 1. The molecule has 38 heteroatoms. The van der Waals surface area contributed by atoms with Crippen LogP contribution in [0, 0.1) is 23.7 Å². The summed E-state index contributed by atoms with van der Waals surface area (Å²) in [5.41, 5.74) is 58.2. The van der Waals surface area contributed by atoms with Gasteiger partial charge in [0.2, 0.25) is 65.0 Å². The lowest BCUT2D eigenvalue weighted by Gasteiger charge is -2.30. The van der Waals surface area contributed by atoms with Crippen molar-refractivity contribution in [2.75, 3.05) is 39.3 Å². The topological polar surface area (TPSA) is 675 Å². The standard InChI is InChI=1S/C78H136N24O14/c1-9-48(8)63(74(114)101-60(42-47(6)7)69(109)95-55(28-20-38-90-77(85)86)67(107)99-62(44-50-30-32-51(103)33-31-50)73(113)98-58(40-45(2)3)70(110)96-57(75(115)116)27-15-18-36-81)102-68(108)56(29-21-39-91-78(87)88)93-65(105)54(26-14-17-35-80)94-72(112)61(43-49-22-11-10-12-23-49)100-71(111)59(41-46(4)5)97-66(106)53(25-13-16-34-79)92-64(104)52(82)24-19-37-89-76(83)84/h10-12,22-23,30-33,45-48,52-63,103H,9,13-21,24-29,34-44,79-82H2,1-8H3,(H,92,104)(H,93,105)(H,94,112)(H,95,109)(H,96,110)(H,97,106)(H,98,113)(H,99,107)(H,100,111)(H,101,114)(H,102,108)(H,115,116)(H4,83,84,89)(H4,85,86,90)(H4,87,88,91)/t48-,52-,53-,54-,55-,56-,57-,58-,59-,60-,61-,62-,63-/m0/s1. The minimum Gasteiger partial charge on any atom is -0.508 e. The number of phenolic OH excluding ortho intramolecular Hbond substituents is 1. The van der Waals surface area contributed by atoms with Gasteiger partial charge in [-0.2, -0.15) is 0 Å². The summed E-state index contributed by atoms with van der Waals surface area (Å²) in [6, 6.07) is -1.52. The van der Waals surface area contributed by atoms with Gasteiger partial charge in [0.25, 0.3) is 0 Å². The number of carboxylic acids is 1. The van der Waals surface area contributed by atoms with Crippen LogP contribution in [0.15, 0.2) is 69.6 Å². The molecule has 38 nitrogen and oxygen atoms in total. The van der Waals surface area contributed by atoms with Crippen LogP contribution in [0.1, 0.15) is 189 Å². The number of hydrogen-bond donors (Lipinski definition) is 23. The molecule has 13 atom stereocenters. The van der Waals surface area contributed by atoms with E-state index in [4.69, 9.17) is 57.3 Å². The molecule has 0 fully saturated rings. The van der Waals surface area contributed by atoms with Gasteiger partial charge in [-0.25, -0.2) is 4.79 Å². The number of carbonyl (C=O) groups excluding carboxylic acids is 11. The third-order valence-corrected chi connectivity index (χ3v) is 18.9. The van der Waals surface area contributed by atoms with E-state index in [1.807, 2.05) is 13.8 Å². The van der Waals surface area contributed by atoms with Crippen LogP contribution in [0.25, 0.3) is 0 Å². The molecule has 2 rings (SSSR count). The van der Waals surface area contributed by atoms with Gasteiger partial charge in [-0.1, -0.05) is 104 Å². The van der Waals surface area contributed by atoms with Crippen molar-refractivity contribution in [2.24, 2.45) is 96.0 Å². The van der Waals surface area contributed by atoms with Gasteiger partial charge in [0.05, 0.1) is 6.04 Å². The van der Waals surface area contributed by atoms with Crippen LogP contribution in [-0.4, -0.2) is 211 Å². The van der Waals surface area contributed by atoms with E-state index in [2.05, 4.69) is 73.5 Å². The first kappa shape index (κ1) is 102. The van der Waals surface area contributed by atoms with Crippen molar-refractivity contribution in [3.63, 3.8) is 0 Å². The Hall–Kier alpha value is -10.5. The van der Waals surface area contributed by atoms with Crippen molar-refractivity contribution < 1.29 is 67.7 Å². The highest BCUT2D eigenvalue weighted by Gasteiger charge is 2.39. The van der Waals surface area contributed by atoms with Crippen LogP contribution in [0.5, 0.6) is 5.75 Å². The third-order valence-electron chi connectivity index (χ3n) is 18.9. The molecule has 2 aromatic rings. The second-order valence-corrected chi connectivity index (χ2v) is 30.6. The van der Waals surface area contributed by atoms with Gasteiger partial charge in [0.15, 0.2) is 17.9 Å². The molecule has 652 valence electrons. The largest absolute Gasteiger partial charge is 0.508 e. The van der Waals surface area contributed by atoms with Crippen molar-refractivity contribution >= 4 is 88.8 Å². The van der Waals surface area contributed by atoms with Gasteiger partial charge in [-0.05, 0) is 182 Å². The Kier molecular flexibility index (Phi) is 49.0. The molecule has 0 unspecified atom stereocenters. The van der Waals surface area contributed by atoms with Crippen molar-refractivity contribution in [3.8, 4) is 5.75 Å². The van der Waals surface area contributed by atoms with Gasteiger partial charge in [0, 0.05) is 32.5 Å². The summed E-state index contributed by atoms with van der Waals surface area (Å²) in [6.45, 7) is 15.3. The molecular weight excluding hydrogens is 1500 g/mol. The number of rotatable bonds is 59. The molecule has 0 aliphatic carbocycles. The fourth-order valence-corrected chi connectivity index (χ4v) is 12.4. The van der Waals surface area contributed by atoms with E-state index >= 15 is 4.79 Å².